The fourth-order valence-electron chi connectivity index (χ4n) is 11.0. The van der Waals surface area contributed by atoms with Crippen LogP contribution in [0.25, 0.3) is 71.6 Å². The van der Waals surface area contributed by atoms with Crippen molar-refractivity contribution in [1.29, 1.82) is 0 Å². The molecular formula is C59H46N2O2. The highest BCUT2D eigenvalue weighted by Gasteiger charge is 2.38. The highest BCUT2D eigenvalue weighted by Crippen LogP contribution is 2.55. The van der Waals surface area contributed by atoms with E-state index >= 15 is 0 Å². The number of nitrogens with zero attached hydrogens (tertiary/aromatic N) is 2. The molecule has 0 saturated carbocycles. The van der Waals surface area contributed by atoms with Crippen molar-refractivity contribution in [2.24, 2.45) is 0 Å². The zero-order valence-electron chi connectivity index (χ0n) is 36.2. The molecule has 3 heterocycles. The number of benzene rings is 9. The summed E-state index contributed by atoms with van der Waals surface area (Å²) in [5.41, 5.74) is 14.3. The molecule has 2 aliphatic heterocycles. The zero-order chi connectivity index (χ0) is 42.6. The Morgan fingerprint density at radius 1 is 0.444 bits per heavy atom. The van der Waals surface area contributed by atoms with E-state index in [2.05, 4.69) is 215 Å². The van der Waals surface area contributed by atoms with Crippen molar-refractivity contribution in [2.45, 2.75) is 51.9 Å². The lowest BCUT2D eigenvalue weighted by Gasteiger charge is -2.36. The molecule has 0 aliphatic carbocycles. The van der Waals surface area contributed by atoms with Crippen LogP contribution in [0.5, 0.6) is 23.0 Å². The Balaban J connectivity index is 1.21. The fourth-order valence-corrected chi connectivity index (χ4v) is 11.0. The molecule has 1 aromatic heterocycles. The highest BCUT2D eigenvalue weighted by atomic mass is 16.5. The third kappa shape index (κ3) is 5.44. The molecule has 0 unspecified atom stereocenters. The number of ether oxygens (including phenoxy) is 2. The Bertz CT molecular complexity index is 3330. The van der Waals surface area contributed by atoms with E-state index in [1.54, 1.807) is 0 Å². The van der Waals surface area contributed by atoms with Gasteiger partial charge in [-0.15, -0.1) is 0 Å². The maximum atomic E-state index is 6.72. The van der Waals surface area contributed by atoms with E-state index < -0.39 is 0 Å². The largest absolute Gasteiger partial charge is 0.457 e. The van der Waals surface area contributed by atoms with Crippen LogP contribution >= 0.6 is 0 Å². The Labute approximate surface area is 368 Å². The molecular weight excluding hydrogens is 769 g/mol. The lowest BCUT2D eigenvalue weighted by atomic mass is 9.72. The lowest BCUT2D eigenvalue weighted by molar-refractivity contribution is 0.418. The Morgan fingerprint density at radius 2 is 0.905 bits per heavy atom. The van der Waals surface area contributed by atoms with Gasteiger partial charge in [-0.1, -0.05) is 162 Å². The van der Waals surface area contributed by atoms with Gasteiger partial charge < -0.3 is 9.47 Å². The number of hydrogen-bond acceptors (Lipinski definition) is 3. The van der Waals surface area contributed by atoms with Gasteiger partial charge in [0, 0.05) is 50.8 Å². The van der Waals surface area contributed by atoms with Crippen LogP contribution in [-0.4, -0.2) is 9.55 Å². The van der Waals surface area contributed by atoms with Crippen molar-refractivity contribution >= 4 is 32.6 Å². The van der Waals surface area contributed by atoms with Gasteiger partial charge in [0.1, 0.15) is 28.8 Å². The molecule has 0 saturated heterocycles. The molecule has 9 aromatic carbocycles. The first-order valence-corrected chi connectivity index (χ1v) is 22.1. The number of fused-ring (bicyclic) bond motifs is 7. The van der Waals surface area contributed by atoms with E-state index in [9.17, 15) is 0 Å². The molecule has 10 aromatic rings. The predicted octanol–water partition coefficient (Wildman–Crippen LogP) is 15.8. The van der Waals surface area contributed by atoms with Gasteiger partial charge in [0.05, 0.1) is 11.0 Å². The number of imidazole rings is 1. The van der Waals surface area contributed by atoms with Gasteiger partial charge >= 0.3 is 0 Å². The van der Waals surface area contributed by atoms with E-state index in [0.717, 1.165) is 57.5 Å². The maximum Gasteiger partial charge on any atom is 0.132 e. The normalized spacial score (nSPS) is 14.4. The van der Waals surface area contributed by atoms with Gasteiger partial charge in [0.2, 0.25) is 0 Å². The number of hydrogen-bond donors (Lipinski definition) is 0. The van der Waals surface area contributed by atoms with E-state index in [4.69, 9.17) is 14.5 Å². The van der Waals surface area contributed by atoms with Crippen molar-refractivity contribution < 1.29 is 9.47 Å². The summed E-state index contributed by atoms with van der Waals surface area (Å²) in [6.07, 6.45) is 0.799. The Kier molecular flexibility index (Phi) is 8.17. The number of rotatable bonds is 5. The summed E-state index contributed by atoms with van der Waals surface area (Å²) in [5.74, 6) is 4.66. The maximum absolute atomic E-state index is 6.72. The van der Waals surface area contributed by atoms with Crippen molar-refractivity contribution in [3.05, 3.63) is 204 Å². The molecule has 0 radical (unpaired) electrons. The van der Waals surface area contributed by atoms with Crippen molar-refractivity contribution in [2.75, 3.05) is 0 Å². The second-order valence-corrected chi connectivity index (χ2v) is 18.1. The van der Waals surface area contributed by atoms with Gasteiger partial charge in [-0.05, 0) is 97.9 Å². The Hall–Kier alpha value is -7.43. The average molecular weight is 815 g/mol. The standard InChI is InChI=1S/C59H46N2O2/c1-6-53-60-48-30-16-27-43(57(48)61(53)36-19-8-7-9-20-36)54-39-23-14-21-37(41-25-17-33-51-55(41)58(2,3)46-28-10-12-31-49(46)62-51)44(39)35-45-38(22-15-24-40(45)54)42-26-18-34-52-56(42)59(4,5)47-29-11-13-32-50(47)63-52/h7-35H,6H2,1-5H3. The van der Waals surface area contributed by atoms with Crippen molar-refractivity contribution in [1.82, 2.24) is 9.55 Å². The summed E-state index contributed by atoms with van der Waals surface area (Å²) in [6, 6.07) is 63.5. The summed E-state index contributed by atoms with van der Waals surface area (Å²) >= 11 is 0. The molecule has 0 amide bonds. The third-order valence-corrected chi connectivity index (χ3v) is 13.8. The average Bonchev–Trinajstić information content (AvgIpc) is 3.70. The van der Waals surface area contributed by atoms with E-state index in [-0.39, 0.29) is 10.8 Å². The van der Waals surface area contributed by atoms with E-state index in [0.29, 0.717) is 0 Å². The van der Waals surface area contributed by atoms with Crippen LogP contribution in [-0.2, 0) is 17.3 Å². The summed E-state index contributed by atoms with van der Waals surface area (Å²) in [5, 5.41) is 4.73. The van der Waals surface area contributed by atoms with Crippen LogP contribution in [0.2, 0.25) is 0 Å². The van der Waals surface area contributed by atoms with E-state index in [1.807, 2.05) is 0 Å². The second kappa shape index (κ2) is 13.8. The fraction of sp³-hybridized carbons (Fsp3) is 0.136. The summed E-state index contributed by atoms with van der Waals surface area (Å²) in [7, 11) is 0. The first kappa shape index (κ1) is 37.3. The second-order valence-electron chi connectivity index (χ2n) is 18.1. The minimum atomic E-state index is -0.316. The molecule has 0 N–H and O–H groups in total. The molecule has 4 heteroatoms. The molecule has 12 rings (SSSR count). The molecule has 2 aliphatic rings. The summed E-state index contributed by atoms with van der Waals surface area (Å²) in [6.45, 7) is 11.5. The van der Waals surface area contributed by atoms with Crippen molar-refractivity contribution in [3.8, 4) is 62.1 Å². The molecule has 4 nitrogen and oxygen atoms in total. The van der Waals surface area contributed by atoms with Crippen LogP contribution in [0.15, 0.2) is 176 Å². The summed E-state index contributed by atoms with van der Waals surface area (Å²) in [4.78, 5) is 5.28. The third-order valence-electron chi connectivity index (χ3n) is 13.8. The number of aryl methyl sites for hydroxylation is 1. The van der Waals surface area contributed by atoms with Crippen LogP contribution < -0.4 is 9.47 Å². The monoisotopic (exact) mass is 814 g/mol. The first-order valence-electron chi connectivity index (χ1n) is 22.1. The van der Waals surface area contributed by atoms with Gasteiger partial charge in [-0.2, -0.15) is 0 Å². The highest BCUT2D eigenvalue weighted by molar-refractivity contribution is 6.21. The number of aromatic nitrogens is 2. The lowest BCUT2D eigenvalue weighted by Crippen LogP contribution is -2.25. The number of para-hydroxylation sites is 4. The van der Waals surface area contributed by atoms with Crippen molar-refractivity contribution in [3.63, 3.8) is 0 Å². The minimum Gasteiger partial charge on any atom is -0.457 e. The predicted molar refractivity (Wildman–Crippen MR) is 259 cm³/mol. The topological polar surface area (TPSA) is 36.3 Å². The summed E-state index contributed by atoms with van der Waals surface area (Å²) < 4.78 is 15.8. The van der Waals surface area contributed by atoms with E-state index in [1.165, 1.54) is 71.6 Å². The van der Waals surface area contributed by atoms with Gasteiger partial charge in [-0.25, -0.2) is 4.98 Å². The quantitative estimate of drug-likeness (QED) is 0.162. The SMILES string of the molecule is CCc1nc2cccc(-c3c4cccc(-c5cccc6c5C(C)(C)c5ccccc5O6)c4cc4c(-c5cccc6c5C(C)(C)c5ccccc5O6)cccc34)c2n1-c1ccccc1. The smallest absolute Gasteiger partial charge is 0.132 e. The molecule has 0 spiro atoms. The molecule has 0 bridgehead atoms. The van der Waals surface area contributed by atoms with Crippen LogP contribution in [0, 0.1) is 0 Å². The van der Waals surface area contributed by atoms with Gasteiger partial charge in [0.15, 0.2) is 0 Å². The molecule has 0 fully saturated rings. The minimum absolute atomic E-state index is 0.316. The molecule has 63 heavy (non-hydrogen) atoms. The van der Waals surface area contributed by atoms with Crippen LogP contribution in [0.3, 0.4) is 0 Å². The van der Waals surface area contributed by atoms with Gasteiger partial charge in [-0.3, -0.25) is 4.57 Å². The first-order chi connectivity index (χ1) is 30.7. The molecule has 0 atom stereocenters. The molecule has 304 valence electrons. The van der Waals surface area contributed by atoms with Crippen LogP contribution in [0.1, 0.15) is 62.7 Å². The zero-order valence-corrected chi connectivity index (χ0v) is 36.2. The van der Waals surface area contributed by atoms with Crippen LogP contribution in [0.4, 0.5) is 0 Å². The van der Waals surface area contributed by atoms with Gasteiger partial charge in [0.25, 0.3) is 0 Å². The Morgan fingerprint density at radius 3 is 1.46 bits per heavy atom.